The van der Waals surface area contributed by atoms with Gasteiger partial charge in [0.25, 0.3) is 0 Å². The quantitative estimate of drug-likeness (QED) is 0.760. The van der Waals surface area contributed by atoms with Crippen LogP contribution < -0.4 is 5.73 Å². The molecular formula is C24H33NO. The average molecular weight is 352 g/mol. The van der Waals surface area contributed by atoms with Crippen LogP contribution in [0.15, 0.2) is 48.5 Å². The van der Waals surface area contributed by atoms with E-state index in [1.165, 1.54) is 22.3 Å². The highest BCUT2D eigenvalue weighted by Crippen LogP contribution is 2.45. The molecule has 0 amide bonds. The van der Waals surface area contributed by atoms with Gasteiger partial charge in [-0.2, -0.15) is 0 Å². The molecule has 1 aliphatic rings. The van der Waals surface area contributed by atoms with E-state index in [0.29, 0.717) is 0 Å². The van der Waals surface area contributed by atoms with Crippen LogP contribution in [0.4, 0.5) is 0 Å². The van der Waals surface area contributed by atoms with Crippen LogP contribution in [0.5, 0.6) is 0 Å². The SMILES string of the molecule is Cc1ccc(C2(CCC(N)c3ccccc3C)CCOC(C)(C)C2)cc1. The highest BCUT2D eigenvalue weighted by atomic mass is 16.5. The highest BCUT2D eigenvalue weighted by molar-refractivity contribution is 5.31. The van der Waals surface area contributed by atoms with E-state index in [1.54, 1.807) is 0 Å². The number of nitrogens with two attached hydrogens (primary N) is 1. The number of ether oxygens (including phenoxy) is 1. The topological polar surface area (TPSA) is 35.2 Å². The van der Waals surface area contributed by atoms with E-state index in [9.17, 15) is 0 Å². The Morgan fingerprint density at radius 3 is 2.38 bits per heavy atom. The summed E-state index contributed by atoms with van der Waals surface area (Å²) in [6, 6.07) is 17.7. The summed E-state index contributed by atoms with van der Waals surface area (Å²) in [5.74, 6) is 0. The largest absolute Gasteiger partial charge is 0.376 e. The maximum absolute atomic E-state index is 6.61. The normalized spacial score (nSPS) is 23.6. The Bertz CT molecular complexity index is 734. The Morgan fingerprint density at radius 2 is 1.73 bits per heavy atom. The van der Waals surface area contributed by atoms with Crippen molar-refractivity contribution in [3.8, 4) is 0 Å². The standard InChI is InChI=1S/C24H33NO/c1-18-9-11-20(12-10-18)24(15-16-26-23(3,4)17-24)14-13-22(25)21-8-6-5-7-19(21)2/h5-12,22H,13-17,25H2,1-4H3. The predicted octanol–water partition coefficient (Wildman–Crippen LogP) is 5.61. The van der Waals surface area contributed by atoms with Crippen molar-refractivity contribution in [1.82, 2.24) is 0 Å². The first-order valence-electron chi connectivity index (χ1n) is 9.84. The summed E-state index contributed by atoms with van der Waals surface area (Å²) < 4.78 is 6.05. The zero-order chi connectivity index (χ0) is 18.8. The van der Waals surface area contributed by atoms with Crippen LogP contribution in [0.2, 0.25) is 0 Å². The first-order valence-corrected chi connectivity index (χ1v) is 9.84. The highest BCUT2D eigenvalue weighted by Gasteiger charge is 2.42. The lowest BCUT2D eigenvalue weighted by atomic mass is 9.66. The van der Waals surface area contributed by atoms with E-state index in [2.05, 4.69) is 76.2 Å². The van der Waals surface area contributed by atoms with Crippen molar-refractivity contribution in [2.75, 3.05) is 6.61 Å². The van der Waals surface area contributed by atoms with Gasteiger partial charge in [-0.1, -0.05) is 54.1 Å². The van der Waals surface area contributed by atoms with Crippen molar-refractivity contribution in [3.63, 3.8) is 0 Å². The van der Waals surface area contributed by atoms with E-state index in [4.69, 9.17) is 10.5 Å². The van der Waals surface area contributed by atoms with E-state index >= 15 is 0 Å². The van der Waals surface area contributed by atoms with E-state index in [0.717, 1.165) is 32.3 Å². The average Bonchev–Trinajstić information content (AvgIpc) is 2.60. The summed E-state index contributed by atoms with van der Waals surface area (Å²) in [5, 5.41) is 0. The van der Waals surface area contributed by atoms with Crippen molar-refractivity contribution >= 4 is 0 Å². The number of benzene rings is 2. The van der Waals surface area contributed by atoms with Gasteiger partial charge in [-0.25, -0.2) is 0 Å². The number of hydrogen-bond acceptors (Lipinski definition) is 2. The van der Waals surface area contributed by atoms with Crippen LogP contribution in [-0.2, 0) is 10.2 Å². The van der Waals surface area contributed by atoms with Crippen LogP contribution in [0, 0.1) is 13.8 Å². The molecule has 2 heteroatoms. The fourth-order valence-corrected chi connectivity index (χ4v) is 4.58. The van der Waals surface area contributed by atoms with Gasteiger partial charge >= 0.3 is 0 Å². The number of hydrogen-bond donors (Lipinski definition) is 1. The van der Waals surface area contributed by atoms with Gasteiger partial charge in [0.05, 0.1) is 5.60 Å². The Labute approximate surface area is 158 Å². The summed E-state index contributed by atoms with van der Waals surface area (Å²) in [4.78, 5) is 0. The molecule has 0 radical (unpaired) electrons. The van der Waals surface area contributed by atoms with Gasteiger partial charge in [0, 0.05) is 18.1 Å². The molecule has 2 nitrogen and oxygen atoms in total. The third kappa shape index (κ3) is 4.19. The monoisotopic (exact) mass is 351 g/mol. The lowest BCUT2D eigenvalue weighted by Crippen LogP contribution is -2.44. The molecule has 0 bridgehead atoms. The smallest absolute Gasteiger partial charge is 0.0635 e. The summed E-state index contributed by atoms with van der Waals surface area (Å²) in [7, 11) is 0. The van der Waals surface area contributed by atoms with Gasteiger partial charge in [-0.3, -0.25) is 0 Å². The van der Waals surface area contributed by atoms with Crippen molar-refractivity contribution in [3.05, 3.63) is 70.8 Å². The van der Waals surface area contributed by atoms with Gasteiger partial charge in [0.1, 0.15) is 0 Å². The Hall–Kier alpha value is -1.64. The third-order valence-electron chi connectivity index (χ3n) is 6.02. The third-order valence-corrected chi connectivity index (χ3v) is 6.02. The minimum atomic E-state index is -0.0874. The molecule has 2 aromatic rings. The van der Waals surface area contributed by atoms with E-state index in [1.807, 2.05) is 0 Å². The van der Waals surface area contributed by atoms with Crippen molar-refractivity contribution in [2.24, 2.45) is 5.73 Å². The Morgan fingerprint density at radius 1 is 1.04 bits per heavy atom. The van der Waals surface area contributed by atoms with Crippen LogP contribution in [-0.4, -0.2) is 12.2 Å². The Balaban J connectivity index is 1.84. The molecule has 0 aromatic heterocycles. The summed E-state index contributed by atoms with van der Waals surface area (Å²) in [6.45, 7) is 9.56. The summed E-state index contributed by atoms with van der Waals surface area (Å²) >= 11 is 0. The second-order valence-electron chi connectivity index (χ2n) is 8.68. The summed E-state index contributed by atoms with van der Waals surface area (Å²) in [6.07, 6.45) is 4.21. The minimum Gasteiger partial charge on any atom is -0.376 e. The molecule has 2 aromatic carbocycles. The molecule has 1 heterocycles. The number of rotatable bonds is 5. The van der Waals surface area contributed by atoms with Crippen molar-refractivity contribution in [2.45, 2.75) is 70.4 Å². The first-order chi connectivity index (χ1) is 12.3. The molecule has 0 spiro atoms. The molecule has 140 valence electrons. The van der Waals surface area contributed by atoms with Crippen LogP contribution >= 0.6 is 0 Å². The first kappa shape index (κ1) is 19.1. The van der Waals surface area contributed by atoms with Gasteiger partial charge < -0.3 is 10.5 Å². The molecule has 2 atom stereocenters. The minimum absolute atomic E-state index is 0.0874. The van der Waals surface area contributed by atoms with E-state index < -0.39 is 0 Å². The Kier molecular flexibility index (Phi) is 5.55. The lowest BCUT2D eigenvalue weighted by Gasteiger charge is -2.46. The molecule has 2 N–H and O–H groups in total. The molecule has 1 aliphatic heterocycles. The van der Waals surface area contributed by atoms with E-state index in [-0.39, 0.29) is 17.1 Å². The van der Waals surface area contributed by atoms with Gasteiger partial charge in [0.15, 0.2) is 0 Å². The molecular weight excluding hydrogens is 318 g/mol. The molecule has 1 saturated heterocycles. The molecule has 0 aliphatic carbocycles. The van der Waals surface area contributed by atoms with Crippen molar-refractivity contribution < 1.29 is 4.74 Å². The molecule has 0 saturated carbocycles. The van der Waals surface area contributed by atoms with Crippen LogP contribution in [0.25, 0.3) is 0 Å². The van der Waals surface area contributed by atoms with Gasteiger partial charge in [-0.05, 0) is 70.1 Å². The van der Waals surface area contributed by atoms with Crippen LogP contribution in [0.1, 0.15) is 67.8 Å². The fourth-order valence-electron chi connectivity index (χ4n) is 4.58. The van der Waals surface area contributed by atoms with Gasteiger partial charge in [0.2, 0.25) is 0 Å². The maximum Gasteiger partial charge on any atom is 0.0635 e. The van der Waals surface area contributed by atoms with Crippen molar-refractivity contribution in [1.29, 1.82) is 0 Å². The zero-order valence-corrected chi connectivity index (χ0v) is 16.7. The second-order valence-corrected chi connectivity index (χ2v) is 8.68. The number of aryl methyl sites for hydroxylation is 2. The molecule has 3 rings (SSSR count). The molecule has 2 unspecified atom stereocenters. The van der Waals surface area contributed by atoms with Crippen LogP contribution in [0.3, 0.4) is 0 Å². The molecule has 1 fully saturated rings. The van der Waals surface area contributed by atoms with Gasteiger partial charge in [-0.15, -0.1) is 0 Å². The fraction of sp³-hybridized carbons (Fsp3) is 0.500. The maximum atomic E-state index is 6.61. The lowest BCUT2D eigenvalue weighted by molar-refractivity contribution is -0.0847. The molecule has 26 heavy (non-hydrogen) atoms. The summed E-state index contributed by atoms with van der Waals surface area (Å²) in [5.41, 5.74) is 12.0. The zero-order valence-electron chi connectivity index (χ0n) is 16.7. The predicted molar refractivity (Wildman–Crippen MR) is 109 cm³/mol. The second kappa shape index (κ2) is 7.54.